The van der Waals surface area contributed by atoms with E-state index in [2.05, 4.69) is 17.9 Å². The normalized spacial score (nSPS) is 15.4. The predicted molar refractivity (Wildman–Crippen MR) is 69.2 cm³/mol. The van der Waals surface area contributed by atoms with Gasteiger partial charge in [0.2, 0.25) is 11.8 Å². The van der Waals surface area contributed by atoms with Gasteiger partial charge in [0.1, 0.15) is 17.9 Å². The summed E-state index contributed by atoms with van der Waals surface area (Å²) in [5, 5.41) is 11.4. The van der Waals surface area contributed by atoms with Crippen LogP contribution < -0.4 is 11.1 Å². The summed E-state index contributed by atoms with van der Waals surface area (Å²) < 4.78 is 0. The quantitative estimate of drug-likeness (QED) is 0.311. The molecule has 0 radical (unpaired) electrons. The number of thiol groups is 1. The first-order chi connectivity index (χ1) is 8.36. The molecular weight excluding hydrogens is 258 g/mol. The lowest BCUT2D eigenvalue weighted by Gasteiger charge is -2.35. The molecule has 0 aromatic heterocycles. The first-order valence-corrected chi connectivity index (χ1v) is 5.94. The fourth-order valence-electron chi connectivity index (χ4n) is 1.15. The van der Waals surface area contributed by atoms with Crippen LogP contribution in [0.2, 0.25) is 0 Å². The minimum Gasteiger partial charge on any atom is -0.394 e. The number of amides is 2. The molecule has 2 amide bonds. The summed E-state index contributed by atoms with van der Waals surface area (Å²) >= 11 is 4.01. The van der Waals surface area contributed by atoms with E-state index in [4.69, 9.17) is 10.8 Å². The number of aliphatic hydroxyl groups is 1. The van der Waals surface area contributed by atoms with Crippen LogP contribution in [0, 0.1) is 0 Å². The molecular formula is C10H19N3O4S. The number of carbonyl (C=O) groups excluding carboxylic acids is 3. The Morgan fingerprint density at radius 2 is 2.17 bits per heavy atom. The van der Waals surface area contributed by atoms with Crippen LogP contribution in [0.15, 0.2) is 0 Å². The second-order valence-corrected chi connectivity index (χ2v) is 4.35. The van der Waals surface area contributed by atoms with Crippen LogP contribution in [0.4, 0.5) is 0 Å². The molecule has 8 heteroatoms. The van der Waals surface area contributed by atoms with Gasteiger partial charge in [-0.3, -0.25) is 9.59 Å². The van der Waals surface area contributed by atoms with Gasteiger partial charge in [0.15, 0.2) is 0 Å². The number of carbonyl (C=O) groups is 3. The average molecular weight is 277 g/mol. The molecule has 0 aromatic carbocycles. The molecule has 0 heterocycles. The number of likely N-dealkylation sites (N-methyl/N-ethyl adjacent to an activating group) is 1. The van der Waals surface area contributed by atoms with E-state index in [-0.39, 0.29) is 12.3 Å². The van der Waals surface area contributed by atoms with E-state index in [1.54, 1.807) is 0 Å². The molecule has 0 saturated carbocycles. The van der Waals surface area contributed by atoms with Gasteiger partial charge in [-0.05, 0) is 6.92 Å². The summed E-state index contributed by atoms with van der Waals surface area (Å²) in [4.78, 5) is 35.2. The highest BCUT2D eigenvalue weighted by atomic mass is 32.1. The molecule has 4 N–H and O–H groups in total. The molecule has 2 atom stereocenters. The van der Waals surface area contributed by atoms with Crippen LogP contribution in [-0.4, -0.2) is 65.6 Å². The van der Waals surface area contributed by atoms with Crippen LogP contribution in [0.5, 0.6) is 0 Å². The minimum absolute atomic E-state index is 0.127. The number of nitrogens with two attached hydrogens (primary N) is 1. The van der Waals surface area contributed by atoms with Gasteiger partial charge in [0.25, 0.3) is 0 Å². The highest BCUT2D eigenvalue weighted by Gasteiger charge is 2.34. The Hall–Kier alpha value is -1.12. The number of hydrogen-bond donors (Lipinski definition) is 4. The van der Waals surface area contributed by atoms with Crippen molar-refractivity contribution in [2.24, 2.45) is 5.73 Å². The zero-order valence-electron chi connectivity index (χ0n) is 10.4. The van der Waals surface area contributed by atoms with Gasteiger partial charge in [-0.1, -0.05) is 0 Å². The van der Waals surface area contributed by atoms with Gasteiger partial charge in [0.05, 0.1) is 13.2 Å². The zero-order valence-corrected chi connectivity index (χ0v) is 11.3. The molecule has 0 unspecified atom stereocenters. The Balaban J connectivity index is 4.88. The summed E-state index contributed by atoms with van der Waals surface area (Å²) in [6.45, 7) is 0.672. The molecule has 0 fully saturated rings. The lowest BCUT2D eigenvalue weighted by atomic mass is 10.0. The Labute approximate surface area is 111 Å². The van der Waals surface area contributed by atoms with Gasteiger partial charge < -0.3 is 25.9 Å². The van der Waals surface area contributed by atoms with Gasteiger partial charge >= 0.3 is 0 Å². The van der Waals surface area contributed by atoms with Crippen molar-refractivity contribution in [2.75, 3.05) is 26.0 Å². The molecule has 0 rings (SSSR count). The molecule has 18 heavy (non-hydrogen) atoms. The van der Waals surface area contributed by atoms with E-state index in [0.29, 0.717) is 6.29 Å². The van der Waals surface area contributed by atoms with Crippen LogP contribution in [0.25, 0.3) is 0 Å². The third-order valence-electron chi connectivity index (χ3n) is 2.67. The Morgan fingerprint density at radius 1 is 1.61 bits per heavy atom. The van der Waals surface area contributed by atoms with E-state index >= 15 is 0 Å². The lowest BCUT2D eigenvalue weighted by molar-refractivity contribution is -0.142. The summed E-state index contributed by atoms with van der Waals surface area (Å²) in [6, 6.07) is -1.12. The van der Waals surface area contributed by atoms with Crippen molar-refractivity contribution >= 4 is 30.7 Å². The molecule has 0 aromatic rings. The van der Waals surface area contributed by atoms with E-state index in [1.165, 1.54) is 14.0 Å². The Kier molecular flexibility index (Phi) is 6.89. The maximum absolute atomic E-state index is 12.0. The molecule has 0 aliphatic heterocycles. The maximum atomic E-state index is 12.0. The smallest absolute Gasteiger partial charge is 0.248 e. The highest BCUT2D eigenvalue weighted by molar-refractivity contribution is 7.80. The van der Waals surface area contributed by atoms with Crippen LogP contribution >= 0.6 is 12.6 Å². The number of aldehydes is 1. The molecule has 0 aliphatic carbocycles. The maximum Gasteiger partial charge on any atom is 0.248 e. The molecule has 0 aliphatic rings. The Bertz CT molecular complexity index is 326. The fourth-order valence-corrected chi connectivity index (χ4v) is 1.43. The topological polar surface area (TPSA) is 113 Å². The molecule has 0 bridgehead atoms. The number of nitrogens with zero attached hydrogens (tertiary/aromatic N) is 1. The van der Waals surface area contributed by atoms with Crippen molar-refractivity contribution in [1.29, 1.82) is 0 Å². The number of aliphatic hydroxyl groups excluding tert-OH is 1. The van der Waals surface area contributed by atoms with E-state index in [9.17, 15) is 14.4 Å². The lowest BCUT2D eigenvalue weighted by Crippen LogP contribution is -2.58. The van der Waals surface area contributed by atoms with Gasteiger partial charge in [-0.25, -0.2) is 0 Å². The molecule has 0 spiro atoms. The first-order valence-electron chi connectivity index (χ1n) is 5.31. The number of nitrogens with one attached hydrogen (secondary N) is 1. The second kappa shape index (κ2) is 7.34. The average Bonchev–Trinajstić information content (AvgIpc) is 2.41. The second-order valence-electron chi connectivity index (χ2n) is 4.04. The molecule has 7 nitrogen and oxygen atoms in total. The summed E-state index contributed by atoms with van der Waals surface area (Å²) in [6.07, 6.45) is 0.594. The summed E-state index contributed by atoms with van der Waals surface area (Å²) in [5.74, 6) is -1.01. The van der Waals surface area contributed by atoms with E-state index in [0.717, 1.165) is 4.90 Å². The van der Waals surface area contributed by atoms with Gasteiger partial charge in [-0.2, -0.15) is 12.6 Å². The van der Waals surface area contributed by atoms with E-state index in [1.807, 2.05) is 0 Å². The molecule has 104 valence electrons. The van der Waals surface area contributed by atoms with Crippen molar-refractivity contribution in [2.45, 2.75) is 18.5 Å². The van der Waals surface area contributed by atoms with Gasteiger partial charge in [-0.15, -0.1) is 0 Å². The van der Waals surface area contributed by atoms with Crippen molar-refractivity contribution in [3.05, 3.63) is 0 Å². The number of hydrogen-bond acceptors (Lipinski definition) is 6. The fraction of sp³-hybridized carbons (Fsp3) is 0.700. The van der Waals surface area contributed by atoms with Crippen LogP contribution in [0.1, 0.15) is 6.92 Å². The summed E-state index contributed by atoms with van der Waals surface area (Å²) in [5.41, 5.74) is 4.01. The third-order valence-corrected chi connectivity index (χ3v) is 3.31. The Morgan fingerprint density at radius 3 is 2.50 bits per heavy atom. The minimum atomic E-state index is -1.12. The monoisotopic (exact) mass is 277 g/mol. The van der Waals surface area contributed by atoms with Crippen molar-refractivity contribution in [3.8, 4) is 0 Å². The third kappa shape index (κ3) is 3.97. The van der Waals surface area contributed by atoms with Crippen LogP contribution in [-0.2, 0) is 14.4 Å². The largest absolute Gasteiger partial charge is 0.394 e. The summed E-state index contributed by atoms with van der Waals surface area (Å²) in [7, 11) is 1.41. The number of rotatable bonds is 7. The van der Waals surface area contributed by atoms with Crippen LogP contribution in [0.3, 0.4) is 0 Å². The van der Waals surface area contributed by atoms with Crippen molar-refractivity contribution in [3.63, 3.8) is 0 Å². The van der Waals surface area contributed by atoms with Crippen molar-refractivity contribution < 1.29 is 19.5 Å². The zero-order chi connectivity index (χ0) is 14.3. The predicted octanol–water partition coefficient (Wildman–Crippen LogP) is -2.23. The van der Waals surface area contributed by atoms with E-state index < -0.39 is 30.0 Å². The molecule has 0 saturated heterocycles. The standard InChI is InChI=1S/C10H19N3O4S/c1-10(5-15,6-18)13(2)9(17)7(4-14)12-8(16)3-11/h5,7,14,18H,3-4,6,11H2,1-2H3,(H,12,16)/t7-,10+/m0/s1. The highest BCUT2D eigenvalue weighted by Crippen LogP contribution is 2.13. The van der Waals surface area contributed by atoms with Gasteiger partial charge in [0, 0.05) is 12.8 Å². The van der Waals surface area contributed by atoms with Crippen molar-refractivity contribution in [1.82, 2.24) is 10.2 Å². The SMILES string of the molecule is CN(C(=O)[C@H](CO)NC(=O)CN)[C@](C)(C=O)CS. The first kappa shape index (κ1) is 16.9.